The lowest BCUT2D eigenvalue weighted by atomic mass is 10.1. The van der Waals surface area contributed by atoms with Crippen LogP contribution >= 0.6 is 11.6 Å². The largest absolute Gasteiger partial charge is 0.507 e. The fraction of sp³-hybridized carbons (Fsp3) is 0.143. The van der Waals surface area contributed by atoms with Gasteiger partial charge in [-0.3, -0.25) is 4.79 Å². The van der Waals surface area contributed by atoms with Crippen LogP contribution in [0, 0.1) is 0 Å². The van der Waals surface area contributed by atoms with Crippen molar-refractivity contribution in [1.29, 1.82) is 0 Å². The van der Waals surface area contributed by atoms with Crippen molar-refractivity contribution < 1.29 is 9.90 Å². The normalized spacial score (nSPS) is 10.5. The second-order valence-electron chi connectivity index (χ2n) is 6.39. The Hall–Kier alpha value is -3.25. The first-order chi connectivity index (χ1) is 13.3. The minimum absolute atomic E-state index is 0.106. The van der Waals surface area contributed by atoms with Gasteiger partial charge in [0.25, 0.3) is 0 Å². The Bertz CT molecular complexity index is 1010. The van der Waals surface area contributed by atoms with Crippen molar-refractivity contribution in [2.45, 2.75) is 13.5 Å². The zero-order valence-electron chi connectivity index (χ0n) is 15.6. The molecule has 0 radical (unpaired) electrons. The van der Waals surface area contributed by atoms with E-state index in [0.29, 0.717) is 34.2 Å². The number of nitrogen functional groups attached to an aromatic ring is 1. The monoisotopic (exact) mass is 396 g/mol. The van der Waals surface area contributed by atoms with E-state index in [9.17, 15) is 9.90 Å². The molecule has 0 spiro atoms. The maximum Gasteiger partial charge on any atom is 0.217 e. The van der Waals surface area contributed by atoms with E-state index in [0.717, 1.165) is 11.4 Å². The van der Waals surface area contributed by atoms with Crippen LogP contribution < -0.4 is 16.0 Å². The summed E-state index contributed by atoms with van der Waals surface area (Å²) in [6.45, 7) is 1.75. The molecule has 0 saturated heterocycles. The highest BCUT2D eigenvalue weighted by molar-refractivity contribution is 6.30. The van der Waals surface area contributed by atoms with Crippen molar-refractivity contribution in [3.63, 3.8) is 0 Å². The molecule has 0 fully saturated rings. The fourth-order valence-corrected chi connectivity index (χ4v) is 2.90. The van der Waals surface area contributed by atoms with Crippen molar-refractivity contribution in [3.05, 3.63) is 65.2 Å². The third kappa shape index (κ3) is 4.35. The number of rotatable bonds is 5. The number of nitrogens with zero attached hydrogens (tertiary/aromatic N) is 2. The van der Waals surface area contributed by atoms with Gasteiger partial charge in [0.05, 0.1) is 5.69 Å². The number of aromatic hydroxyl groups is 1. The number of anilines is 3. The molecule has 4 N–H and O–H groups in total. The summed E-state index contributed by atoms with van der Waals surface area (Å²) in [7, 11) is 1.93. The molecule has 0 aliphatic carbocycles. The molecule has 2 aromatic carbocycles. The van der Waals surface area contributed by atoms with Gasteiger partial charge in [0.2, 0.25) is 5.91 Å². The molecule has 144 valence electrons. The molecule has 28 heavy (non-hydrogen) atoms. The highest BCUT2D eigenvalue weighted by Crippen LogP contribution is 2.34. The molecule has 3 aromatic rings. The van der Waals surface area contributed by atoms with Gasteiger partial charge in [-0.15, -0.1) is 0 Å². The third-order valence-electron chi connectivity index (χ3n) is 4.40. The van der Waals surface area contributed by atoms with E-state index in [-0.39, 0.29) is 11.7 Å². The lowest BCUT2D eigenvalue weighted by Gasteiger charge is -2.21. The van der Waals surface area contributed by atoms with E-state index in [4.69, 9.17) is 17.3 Å². The number of pyridine rings is 1. The Morgan fingerprint density at radius 1 is 1.14 bits per heavy atom. The Kier molecular flexibility index (Phi) is 5.70. The van der Waals surface area contributed by atoms with Crippen molar-refractivity contribution in [3.8, 4) is 17.0 Å². The van der Waals surface area contributed by atoms with Crippen LogP contribution in [0.2, 0.25) is 5.02 Å². The van der Waals surface area contributed by atoms with Gasteiger partial charge in [-0.05, 0) is 48.5 Å². The number of phenolic OH excluding ortho intramolecular Hbond substituents is 1. The molecule has 7 heteroatoms. The molecule has 1 amide bonds. The number of phenols is 1. The minimum atomic E-state index is -0.140. The van der Waals surface area contributed by atoms with Crippen LogP contribution in [0.15, 0.2) is 54.6 Å². The lowest BCUT2D eigenvalue weighted by Crippen LogP contribution is -2.20. The predicted molar refractivity (Wildman–Crippen MR) is 113 cm³/mol. The summed E-state index contributed by atoms with van der Waals surface area (Å²) >= 11 is 5.96. The van der Waals surface area contributed by atoms with Gasteiger partial charge >= 0.3 is 0 Å². The number of amides is 1. The van der Waals surface area contributed by atoms with Crippen molar-refractivity contribution >= 4 is 34.7 Å². The summed E-state index contributed by atoms with van der Waals surface area (Å²) in [6, 6.07) is 16.3. The second kappa shape index (κ2) is 8.19. The average molecular weight is 397 g/mol. The molecule has 0 bridgehead atoms. The predicted octanol–water partition coefficient (Wildman–Crippen LogP) is 4.09. The fourth-order valence-electron chi connectivity index (χ4n) is 2.77. The zero-order chi connectivity index (χ0) is 20.3. The molecule has 0 atom stereocenters. The standard InChI is InChI=1S/C21H21ClN4O2/c1-13(27)24-12-14-3-9-19(25-21(14)23)18-11-17(8-10-20(18)28)26(2)16-6-4-15(22)5-7-16/h3-11,28H,12H2,1-2H3,(H2,23,25)(H,24,27). The van der Waals surface area contributed by atoms with Crippen LogP contribution in [-0.4, -0.2) is 23.0 Å². The smallest absolute Gasteiger partial charge is 0.217 e. The van der Waals surface area contributed by atoms with E-state index in [1.54, 1.807) is 18.2 Å². The molecular formula is C21H21ClN4O2. The molecule has 1 heterocycles. The first-order valence-electron chi connectivity index (χ1n) is 8.67. The summed E-state index contributed by atoms with van der Waals surface area (Å²) in [6.07, 6.45) is 0. The van der Waals surface area contributed by atoms with Crippen LogP contribution in [0.4, 0.5) is 17.2 Å². The van der Waals surface area contributed by atoms with Crippen molar-refractivity contribution in [2.75, 3.05) is 17.7 Å². The number of hydrogen-bond acceptors (Lipinski definition) is 5. The van der Waals surface area contributed by atoms with Crippen molar-refractivity contribution in [2.24, 2.45) is 0 Å². The van der Waals surface area contributed by atoms with Crippen LogP contribution in [0.25, 0.3) is 11.3 Å². The third-order valence-corrected chi connectivity index (χ3v) is 4.65. The average Bonchev–Trinajstić information content (AvgIpc) is 2.67. The maximum atomic E-state index is 11.1. The summed E-state index contributed by atoms with van der Waals surface area (Å²) in [5.74, 6) is 0.274. The van der Waals surface area contributed by atoms with Gasteiger partial charge in [0.1, 0.15) is 11.6 Å². The number of hydrogen-bond donors (Lipinski definition) is 3. The quantitative estimate of drug-likeness (QED) is 0.604. The molecule has 6 nitrogen and oxygen atoms in total. The van der Waals surface area contributed by atoms with Crippen molar-refractivity contribution in [1.82, 2.24) is 10.3 Å². The summed E-state index contributed by atoms with van der Waals surface area (Å²) in [5, 5.41) is 13.7. The minimum Gasteiger partial charge on any atom is -0.507 e. The highest BCUT2D eigenvalue weighted by Gasteiger charge is 2.12. The number of carbonyl (C=O) groups is 1. The van der Waals surface area contributed by atoms with Crippen LogP contribution in [-0.2, 0) is 11.3 Å². The molecular weight excluding hydrogens is 376 g/mol. The summed E-state index contributed by atoms with van der Waals surface area (Å²) < 4.78 is 0. The number of nitrogens with two attached hydrogens (primary N) is 1. The van der Waals surface area contributed by atoms with E-state index in [1.807, 2.05) is 48.3 Å². The van der Waals surface area contributed by atoms with E-state index in [1.165, 1.54) is 6.92 Å². The van der Waals surface area contributed by atoms with E-state index >= 15 is 0 Å². The number of nitrogens with one attached hydrogen (secondary N) is 1. The summed E-state index contributed by atoms with van der Waals surface area (Å²) in [5.41, 5.74) is 9.69. The van der Waals surface area contributed by atoms with Crippen LogP contribution in [0.5, 0.6) is 5.75 Å². The van der Waals surface area contributed by atoms with Gasteiger partial charge in [-0.25, -0.2) is 4.98 Å². The Morgan fingerprint density at radius 3 is 2.46 bits per heavy atom. The van der Waals surface area contributed by atoms with E-state index < -0.39 is 0 Å². The van der Waals surface area contributed by atoms with E-state index in [2.05, 4.69) is 10.3 Å². The number of halogens is 1. The number of carbonyl (C=O) groups excluding carboxylic acids is 1. The number of benzene rings is 2. The topological polar surface area (TPSA) is 91.5 Å². The molecule has 1 aromatic heterocycles. The van der Waals surface area contributed by atoms with Crippen LogP contribution in [0.1, 0.15) is 12.5 Å². The highest BCUT2D eigenvalue weighted by atomic mass is 35.5. The molecule has 3 rings (SSSR count). The maximum absolute atomic E-state index is 11.1. The molecule has 0 aliphatic rings. The molecule has 0 aliphatic heterocycles. The van der Waals surface area contributed by atoms with Gasteiger partial charge in [-0.2, -0.15) is 0 Å². The first kappa shape index (κ1) is 19.5. The van der Waals surface area contributed by atoms with Gasteiger partial charge < -0.3 is 21.1 Å². The SMILES string of the molecule is CC(=O)NCc1ccc(-c2cc(N(C)c3ccc(Cl)cc3)ccc2O)nc1N. The first-order valence-corrected chi connectivity index (χ1v) is 9.05. The van der Waals surface area contributed by atoms with Crippen LogP contribution in [0.3, 0.4) is 0 Å². The Morgan fingerprint density at radius 2 is 1.82 bits per heavy atom. The second-order valence-corrected chi connectivity index (χ2v) is 6.82. The van der Waals surface area contributed by atoms with Gasteiger partial charge in [0.15, 0.2) is 0 Å². The zero-order valence-corrected chi connectivity index (χ0v) is 16.4. The lowest BCUT2D eigenvalue weighted by molar-refractivity contribution is -0.119. The molecule has 0 unspecified atom stereocenters. The Balaban J connectivity index is 1.92. The Labute approximate surface area is 168 Å². The summed E-state index contributed by atoms with van der Waals surface area (Å²) in [4.78, 5) is 17.5. The van der Waals surface area contributed by atoms with Gasteiger partial charge in [-0.1, -0.05) is 17.7 Å². The molecule has 0 saturated carbocycles. The number of aromatic nitrogens is 1. The van der Waals surface area contributed by atoms with Gasteiger partial charge in [0, 0.05) is 48.0 Å².